The van der Waals surface area contributed by atoms with Crippen LogP contribution in [0.5, 0.6) is 0 Å². The lowest BCUT2D eigenvalue weighted by atomic mass is 9.92. The first-order valence-corrected chi connectivity index (χ1v) is 9.76. The summed E-state index contributed by atoms with van der Waals surface area (Å²) >= 11 is 0. The van der Waals surface area contributed by atoms with Crippen LogP contribution < -0.4 is 9.91 Å². The second-order valence-electron chi connectivity index (χ2n) is 7.38. The molecular weight excluding hydrogens is 415 g/mol. The van der Waals surface area contributed by atoms with Crippen molar-refractivity contribution in [3.63, 3.8) is 0 Å². The molecule has 0 spiro atoms. The smallest absolute Gasteiger partial charge is 0.269 e. The van der Waals surface area contributed by atoms with E-state index in [9.17, 15) is 24.1 Å². The van der Waals surface area contributed by atoms with E-state index in [1.165, 1.54) is 47.5 Å². The van der Waals surface area contributed by atoms with Gasteiger partial charge in [-0.3, -0.25) is 24.7 Å². The summed E-state index contributed by atoms with van der Waals surface area (Å²) in [6.07, 6.45) is 0. The van der Waals surface area contributed by atoms with Gasteiger partial charge in [-0.1, -0.05) is 24.3 Å². The Hall–Kier alpha value is -4.40. The quantitative estimate of drug-likeness (QED) is 0.359. The maximum absolute atomic E-state index is 13.8. The number of amides is 2. The number of halogens is 1. The van der Waals surface area contributed by atoms with Crippen LogP contribution in [0.2, 0.25) is 0 Å². The topological polar surface area (TPSA) is 96.1 Å². The minimum atomic E-state index is -0.946. The number of benzene rings is 3. The van der Waals surface area contributed by atoms with E-state index < -0.39 is 34.5 Å². The molecule has 0 radical (unpaired) electrons. The number of hydrogen-bond donors (Lipinski definition) is 0. The van der Waals surface area contributed by atoms with E-state index in [2.05, 4.69) is 5.10 Å². The molecule has 2 amide bonds. The van der Waals surface area contributed by atoms with Gasteiger partial charge >= 0.3 is 0 Å². The van der Waals surface area contributed by atoms with E-state index in [1.807, 2.05) is 6.07 Å². The van der Waals surface area contributed by atoms with E-state index in [0.29, 0.717) is 17.0 Å². The summed E-state index contributed by atoms with van der Waals surface area (Å²) < 4.78 is 13.8. The molecule has 8 nitrogen and oxygen atoms in total. The monoisotopic (exact) mass is 430 g/mol. The SMILES string of the molecule is O=C1[C@@H]2C(c3ccc([N+](=O)[O-])cc3)=NN(c3ccccc3)[C@@H]2C(=O)N1c1cccc(F)c1. The lowest BCUT2D eigenvalue weighted by Crippen LogP contribution is -2.39. The van der Waals surface area contributed by atoms with Crippen LogP contribution in [0.1, 0.15) is 5.56 Å². The summed E-state index contributed by atoms with van der Waals surface area (Å²) in [5.41, 5.74) is 1.48. The number of nitro benzene ring substituents is 1. The van der Waals surface area contributed by atoms with Gasteiger partial charge in [0.2, 0.25) is 5.91 Å². The lowest BCUT2D eigenvalue weighted by Gasteiger charge is -2.22. The number of nitro groups is 1. The fourth-order valence-electron chi connectivity index (χ4n) is 4.07. The third kappa shape index (κ3) is 3.02. The maximum atomic E-state index is 13.8. The minimum Gasteiger partial charge on any atom is -0.273 e. The first kappa shape index (κ1) is 19.6. The molecule has 3 aromatic carbocycles. The number of hydrazone groups is 1. The summed E-state index contributed by atoms with van der Waals surface area (Å²) in [6.45, 7) is 0. The number of anilines is 2. The zero-order valence-corrected chi connectivity index (χ0v) is 16.5. The molecular formula is C23H15FN4O4. The van der Waals surface area contributed by atoms with Crippen LogP contribution in [0.4, 0.5) is 21.5 Å². The highest BCUT2D eigenvalue weighted by Gasteiger charge is 2.57. The molecule has 0 bridgehead atoms. The predicted molar refractivity (Wildman–Crippen MR) is 115 cm³/mol. The molecule has 9 heteroatoms. The van der Waals surface area contributed by atoms with Gasteiger partial charge in [0, 0.05) is 12.1 Å². The fourth-order valence-corrected chi connectivity index (χ4v) is 4.07. The molecule has 1 fully saturated rings. The Morgan fingerprint density at radius 3 is 2.22 bits per heavy atom. The Kier molecular flexibility index (Phi) is 4.51. The Balaban J connectivity index is 1.62. The number of rotatable bonds is 4. The third-order valence-electron chi connectivity index (χ3n) is 5.51. The zero-order chi connectivity index (χ0) is 22.4. The molecule has 0 N–H and O–H groups in total. The van der Waals surface area contributed by atoms with E-state index in [0.717, 1.165) is 11.0 Å². The van der Waals surface area contributed by atoms with Crippen molar-refractivity contribution in [2.75, 3.05) is 9.91 Å². The molecule has 0 aromatic heterocycles. The second kappa shape index (κ2) is 7.38. The molecule has 2 aliphatic heterocycles. The van der Waals surface area contributed by atoms with E-state index >= 15 is 0 Å². The van der Waals surface area contributed by atoms with Crippen LogP contribution in [0, 0.1) is 21.8 Å². The maximum Gasteiger partial charge on any atom is 0.269 e. The third-order valence-corrected chi connectivity index (χ3v) is 5.51. The van der Waals surface area contributed by atoms with Crippen molar-refractivity contribution < 1.29 is 18.9 Å². The molecule has 0 aliphatic carbocycles. The molecule has 2 atom stereocenters. The highest BCUT2D eigenvalue weighted by Crippen LogP contribution is 2.39. The van der Waals surface area contributed by atoms with E-state index in [1.54, 1.807) is 24.3 Å². The van der Waals surface area contributed by atoms with Crippen molar-refractivity contribution >= 4 is 34.6 Å². The second-order valence-corrected chi connectivity index (χ2v) is 7.38. The highest BCUT2D eigenvalue weighted by atomic mass is 19.1. The summed E-state index contributed by atoms with van der Waals surface area (Å²) in [4.78, 5) is 38.3. The number of hydrogen-bond acceptors (Lipinski definition) is 6. The standard InChI is InChI=1S/C23H15FN4O4/c24-15-5-4-8-18(13-15)26-22(29)19-20(14-9-11-17(12-10-14)28(31)32)25-27(21(19)23(26)30)16-6-2-1-3-7-16/h1-13,19,21H/t19-,21+/m1/s1. The Labute approximate surface area is 181 Å². The van der Waals surface area contributed by atoms with Gasteiger partial charge in [-0.2, -0.15) is 5.10 Å². The molecule has 3 aromatic rings. The van der Waals surface area contributed by atoms with Gasteiger partial charge in [0.25, 0.3) is 11.6 Å². The van der Waals surface area contributed by atoms with Gasteiger partial charge < -0.3 is 0 Å². The molecule has 0 unspecified atom stereocenters. The molecule has 1 saturated heterocycles. The number of non-ortho nitro benzene ring substituents is 1. The summed E-state index contributed by atoms with van der Waals surface area (Å²) in [5.74, 6) is -2.55. The molecule has 158 valence electrons. The minimum absolute atomic E-state index is 0.0981. The average molecular weight is 430 g/mol. The Morgan fingerprint density at radius 1 is 0.875 bits per heavy atom. The Bertz CT molecular complexity index is 1280. The number of fused-ring (bicyclic) bond motifs is 1. The van der Waals surface area contributed by atoms with Crippen LogP contribution in [-0.2, 0) is 9.59 Å². The summed E-state index contributed by atoms with van der Waals surface area (Å²) in [7, 11) is 0. The molecule has 5 rings (SSSR count). The van der Waals surface area contributed by atoms with Crippen LogP contribution in [0.25, 0.3) is 0 Å². The fraction of sp³-hybridized carbons (Fsp3) is 0.0870. The molecule has 0 saturated carbocycles. The number of imide groups is 1. The van der Waals surface area contributed by atoms with Crippen molar-refractivity contribution in [3.05, 3.63) is 100 Å². The van der Waals surface area contributed by atoms with Crippen molar-refractivity contribution in [2.24, 2.45) is 11.0 Å². The molecule has 2 heterocycles. The van der Waals surface area contributed by atoms with Crippen molar-refractivity contribution in [2.45, 2.75) is 6.04 Å². The lowest BCUT2D eigenvalue weighted by molar-refractivity contribution is -0.384. The number of carbonyl (C=O) groups excluding carboxylic acids is 2. The molecule has 32 heavy (non-hydrogen) atoms. The number of para-hydroxylation sites is 1. The number of carbonyl (C=O) groups is 2. The van der Waals surface area contributed by atoms with Gasteiger partial charge in [0.15, 0.2) is 0 Å². The van der Waals surface area contributed by atoms with Gasteiger partial charge in [-0.05, 0) is 48.0 Å². The van der Waals surface area contributed by atoms with E-state index in [4.69, 9.17) is 0 Å². The van der Waals surface area contributed by atoms with Crippen LogP contribution in [-0.4, -0.2) is 28.5 Å². The van der Waals surface area contributed by atoms with Crippen molar-refractivity contribution in [3.8, 4) is 0 Å². The van der Waals surface area contributed by atoms with Crippen LogP contribution >= 0.6 is 0 Å². The zero-order valence-electron chi connectivity index (χ0n) is 16.5. The van der Waals surface area contributed by atoms with Gasteiger partial charge in [0.05, 0.1) is 22.0 Å². The summed E-state index contributed by atoms with van der Waals surface area (Å²) in [5, 5.41) is 17.1. The first-order chi connectivity index (χ1) is 15.5. The van der Waals surface area contributed by atoms with Crippen LogP contribution in [0.15, 0.2) is 84.0 Å². The van der Waals surface area contributed by atoms with E-state index in [-0.39, 0.29) is 11.4 Å². The summed E-state index contributed by atoms with van der Waals surface area (Å²) in [6, 6.07) is 18.9. The molecule has 2 aliphatic rings. The van der Waals surface area contributed by atoms with Crippen molar-refractivity contribution in [1.29, 1.82) is 0 Å². The van der Waals surface area contributed by atoms with Gasteiger partial charge in [-0.25, -0.2) is 9.29 Å². The average Bonchev–Trinajstić information content (AvgIpc) is 3.31. The number of nitrogens with zero attached hydrogens (tertiary/aromatic N) is 4. The first-order valence-electron chi connectivity index (χ1n) is 9.76. The Morgan fingerprint density at radius 2 is 1.56 bits per heavy atom. The van der Waals surface area contributed by atoms with Crippen LogP contribution in [0.3, 0.4) is 0 Å². The predicted octanol–water partition coefficient (Wildman–Crippen LogP) is 3.52. The van der Waals surface area contributed by atoms with Crippen molar-refractivity contribution in [1.82, 2.24) is 0 Å². The largest absolute Gasteiger partial charge is 0.273 e. The van der Waals surface area contributed by atoms with Gasteiger partial charge in [0.1, 0.15) is 17.8 Å². The normalized spacial score (nSPS) is 19.8. The highest BCUT2D eigenvalue weighted by molar-refractivity contribution is 6.34. The van der Waals surface area contributed by atoms with Gasteiger partial charge in [-0.15, -0.1) is 0 Å².